The highest BCUT2D eigenvalue weighted by molar-refractivity contribution is 7.72. The Hall–Kier alpha value is 0.990. The van der Waals surface area contributed by atoms with E-state index < -0.39 is 26.1 Å². The van der Waals surface area contributed by atoms with E-state index in [0.29, 0.717) is 13.0 Å². The van der Waals surface area contributed by atoms with Crippen molar-refractivity contribution in [2.45, 2.75) is 43.0 Å². The second kappa shape index (κ2) is 6.13. The highest BCUT2D eigenvalue weighted by atomic mass is 127. The van der Waals surface area contributed by atoms with E-state index in [1.807, 2.05) is 14.1 Å². The van der Waals surface area contributed by atoms with Crippen molar-refractivity contribution in [3.63, 3.8) is 0 Å². The molecule has 1 aliphatic carbocycles. The fourth-order valence-corrected chi connectivity index (χ4v) is 8.44. The fourth-order valence-electron chi connectivity index (χ4n) is 4.45. The van der Waals surface area contributed by atoms with E-state index in [0.717, 1.165) is 19.3 Å². The normalized spacial score (nSPS) is 31.9. The van der Waals surface area contributed by atoms with E-state index in [1.54, 1.807) is 0 Å². The first-order valence-corrected chi connectivity index (χ1v) is 10.1. The third kappa shape index (κ3) is 3.15. The molecule has 1 heterocycles. The van der Waals surface area contributed by atoms with E-state index in [4.69, 9.17) is 0 Å². The molecule has 0 aromatic rings. The van der Waals surface area contributed by atoms with Crippen LogP contribution >= 0.6 is 15.2 Å². The summed E-state index contributed by atoms with van der Waals surface area (Å²) in [6.07, 6.45) is 2.84. The number of fused-ring (bicyclic) bond motifs is 1. The molecular weight excluding hydrogens is 431 g/mol. The van der Waals surface area contributed by atoms with Crippen molar-refractivity contribution in [2.75, 3.05) is 20.6 Å². The molecule has 7 nitrogen and oxygen atoms in total. The predicted octanol–water partition coefficient (Wildman–Crippen LogP) is -1.92. The SMILES string of the molecule is C[N+]1(C)CCCC2CCCC(P(=O)(O)O)(P(=O)(O)O)C21.[I-]. The zero-order chi connectivity index (χ0) is 15.4. The highest BCUT2D eigenvalue weighted by Crippen LogP contribution is 2.76. The molecule has 0 amide bonds. The Bertz CT molecular complexity index is 463. The highest BCUT2D eigenvalue weighted by Gasteiger charge is 2.72. The lowest BCUT2D eigenvalue weighted by atomic mass is 9.76. The van der Waals surface area contributed by atoms with Crippen molar-refractivity contribution in [1.29, 1.82) is 0 Å². The van der Waals surface area contributed by atoms with Gasteiger partial charge in [-0.05, 0) is 25.7 Å². The van der Waals surface area contributed by atoms with Crippen LogP contribution < -0.4 is 24.0 Å². The van der Waals surface area contributed by atoms with Gasteiger partial charge in [0.1, 0.15) is 6.04 Å². The quantitative estimate of drug-likeness (QED) is 0.220. The van der Waals surface area contributed by atoms with Crippen LogP contribution in [0.15, 0.2) is 0 Å². The maximum atomic E-state index is 12.1. The van der Waals surface area contributed by atoms with E-state index in [-0.39, 0.29) is 40.8 Å². The molecule has 2 atom stereocenters. The number of hydrogen-bond donors (Lipinski definition) is 4. The number of rotatable bonds is 2. The minimum atomic E-state index is -4.94. The van der Waals surface area contributed by atoms with Gasteiger partial charge < -0.3 is 48.0 Å². The van der Waals surface area contributed by atoms with Gasteiger partial charge in [0.15, 0.2) is 0 Å². The number of piperidine rings is 1. The van der Waals surface area contributed by atoms with Crippen molar-refractivity contribution in [1.82, 2.24) is 0 Å². The minimum Gasteiger partial charge on any atom is -1.00 e. The van der Waals surface area contributed by atoms with Gasteiger partial charge in [0.05, 0.1) is 20.6 Å². The first-order chi connectivity index (χ1) is 8.93. The van der Waals surface area contributed by atoms with Crippen molar-refractivity contribution in [3.05, 3.63) is 0 Å². The monoisotopic (exact) mass is 455 g/mol. The van der Waals surface area contributed by atoms with Crippen LogP contribution in [0.3, 0.4) is 0 Å². The number of halogens is 1. The first kappa shape index (κ1) is 20.0. The van der Waals surface area contributed by atoms with Gasteiger partial charge in [-0.15, -0.1) is 0 Å². The van der Waals surface area contributed by atoms with Gasteiger partial charge in [0, 0.05) is 5.92 Å². The lowest BCUT2D eigenvalue weighted by Crippen LogP contribution is -3.00. The van der Waals surface area contributed by atoms with Gasteiger partial charge >= 0.3 is 15.2 Å². The average molecular weight is 455 g/mol. The summed E-state index contributed by atoms with van der Waals surface area (Å²) in [5, 5.41) is 0. The zero-order valence-electron chi connectivity index (χ0n) is 12.2. The van der Waals surface area contributed by atoms with Crippen molar-refractivity contribution < 1.29 is 57.2 Å². The van der Waals surface area contributed by atoms with E-state index in [9.17, 15) is 28.7 Å². The Morgan fingerprint density at radius 1 is 1.00 bits per heavy atom. The Balaban J connectivity index is 0.00000220. The smallest absolute Gasteiger partial charge is 0.349 e. The molecule has 2 aliphatic rings. The Morgan fingerprint density at radius 2 is 1.48 bits per heavy atom. The summed E-state index contributed by atoms with van der Waals surface area (Å²) in [5.41, 5.74) is 0. The third-order valence-corrected chi connectivity index (χ3v) is 9.67. The molecule has 2 rings (SSSR count). The van der Waals surface area contributed by atoms with Crippen molar-refractivity contribution >= 4 is 15.2 Å². The summed E-state index contributed by atoms with van der Waals surface area (Å²) in [7, 11) is -6.24. The summed E-state index contributed by atoms with van der Waals surface area (Å²) < 4.78 is 24.4. The second-order valence-corrected chi connectivity index (χ2v) is 10.8. The average Bonchev–Trinajstić information content (AvgIpc) is 2.24. The van der Waals surface area contributed by atoms with E-state index in [1.165, 1.54) is 0 Å². The van der Waals surface area contributed by atoms with Crippen molar-refractivity contribution in [3.8, 4) is 0 Å². The van der Waals surface area contributed by atoms with Crippen LogP contribution in [0.4, 0.5) is 0 Å². The third-order valence-electron chi connectivity index (χ3n) is 5.11. The van der Waals surface area contributed by atoms with Gasteiger partial charge in [-0.1, -0.05) is 6.42 Å². The molecule has 0 radical (unpaired) electrons. The number of nitrogens with zero attached hydrogens (tertiary/aromatic N) is 1. The lowest BCUT2D eigenvalue weighted by molar-refractivity contribution is -0.926. The van der Waals surface area contributed by atoms with Crippen LogP contribution in [0, 0.1) is 5.92 Å². The summed E-state index contributed by atoms with van der Waals surface area (Å²) in [6, 6.07) is -0.688. The summed E-state index contributed by atoms with van der Waals surface area (Å²) in [5.74, 6) is -0.0345. The molecule has 2 fully saturated rings. The summed E-state index contributed by atoms with van der Waals surface area (Å²) in [4.78, 5) is 37.0. The Kier molecular flexibility index (Phi) is 5.85. The maximum Gasteiger partial charge on any atom is 0.349 e. The first-order valence-electron chi connectivity index (χ1n) is 6.87. The molecule has 0 aromatic carbocycles. The Morgan fingerprint density at radius 3 is 1.95 bits per heavy atom. The standard InChI is InChI=1S/C11H23NO6P2.HI/c1-12(2)8-4-6-9-5-3-7-11(10(9)12,19(13,14)15)20(16,17)18;/h9-10H,3-8H2,1-2H3,(H3-,13,14,15,16,17,18);1H. The molecule has 10 heteroatoms. The summed E-state index contributed by atoms with van der Waals surface area (Å²) in [6.45, 7) is 0.683. The molecule has 0 bridgehead atoms. The zero-order valence-corrected chi connectivity index (χ0v) is 16.2. The van der Waals surface area contributed by atoms with Gasteiger partial charge in [-0.2, -0.15) is 0 Å². The molecule has 4 N–H and O–H groups in total. The number of hydrogen-bond acceptors (Lipinski definition) is 2. The minimum absolute atomic E-state index is 0. The van der Waals surface area contributed by atoms with Crippen LogP contribution in [0.2, 0.25) is 0 Å². The van der Waals surface area contributed by atoms with Crippen LogP contribution in [-0.4, -0.2) is 55.6 Å². The largest absolute Gasteiger partial charge is 1.00 e. The number of quaternary nitrogens is 1. The molecule has 1 saturated heterocycles. The van der Waals surface area contributed by atoms with Gasteiger partial charge in [0.2, 0.25) is 4.90 Å². The predicted molar refractivity (Wildman–Crippen MR) is 74.2 cm³/mol. The van der Waals surface area contributed by atoms with Crippen molar-refractivity contribution in [2.24, 2.45) is 5.92 Å². The van der Waals surface area contributed by atoms with Crippen LogP contribution in [-0.2, 0) is 9.13 Å². The topological polar surface area (TPSA) is 115 Å². The number of likely N-dealkylation sites (tertiary alicyclic amines) is 1. The fraction of sp³-hybridized carbons (Fsp3) is 1.00. The molecule has 1 saturated carbocycles. The van der Waals surface area contributed by atoms with Crippen LogP contribution in [0.25, 0.3) is 0 Å². The lowest BCUT2D eigenvalue weighted by Gasteiger charge is -2.56. The van der Waals surface area contributed by atoms with Gasteiger partial charge in [0.25, 0.3) is 0 Å². The molecule has 21 heavy (non-hydrogen) atoms. The second-order valence-electron chi connectivity index (χ2n) is 6.71. The van der Waals surface area contributed by atoms with Crippen LogP contribution in [0.1, 0.15) is 32.1 Å². The molecule has 0 aromatic heterocycles. The van der Waals surface area contributed by atoms with Gasteiger partial charge in [-0.3, -0.25) is 9.13 Å². The summed E-state index contributed by atoms with van der Waals surface area (Å²) >= 11 is 0. The molecule has 1 aliphatic heterocycles. The molecule has 126 valence electrons. The molecular formula is C11H24INO6P2. The van der Waals surface area contributed by atoms with E-state index in [2.05, 4.69) is 0 Å². The maximum absolute atomic E-state index is 12.1. The van der Waals surface area contributed by atoms with Crippen LogP contribution in [0.5, 0.6) is 0 Å². The van der Waals surface area contributed by atoms with E-state index >= 15 is 0 Å². The molecule has 2 unspecified atom stereocenters. The molecule has 0 spiro atoms. The van der Waals surface area contributed by atoms with Gasteiger partial charge in [-0.25, -0.2) is 0 Å². The Labute approximate surface area is 142 Å².